The zero-order valence-electron chi connectivity index (χ0n) is 10.8. The van der Waals surface area contributed by atoms with Crippen molar-refractivity contribution < 1.29 is 8.78 Å². The average Bonchev–Trinajstić information content (AvgIpc) is 2.79. The van der Waals surface area contributed by atoms with Crippen molar-refractivity contribution in [1.82, 2.24) is 14.2 Å². The summed E-state index contributed by atoms with van der Waals surface area (Å²) >= 11 is 0. The molecule has 0 spiro atoms. The number of rotatable bonds is 1. The van der Waals surface area contributed by atoms with Crippen LogP contribution in [-0.4, -0.2) is 14.2 Å². The molecule has 0 aliphatic rings. The van der Waals surface area contributed by atoms with Crippen LogP contribution in [-0.2, 0) is 0 Å². The number of aryl methyl sites for hydroxylation is 1. The largest absolute Gasteiger partial charge is 0.355 e. The van der Waals surface area contributed by atoms with Crippen LogP contribution >= 0.6 is 0 Å². The highest BCUT2D eigenvalue weighted by Gasteiger charge is 2.16. The van der Waals surface area contributed by atoms with Crippen molar-refractivity contribution in [2.24, 2.45) is 0 Å². The van der Waals surface area contributed by atoms with Crippen LogP contribution in [0.3, 0.4) is 0 Å². The first-order valence-electron chi connectivity index (χ1n) is 6.00. The Bertz CT molecular complexity index is 965. The Morgan fingerprint density at radius 1 is 1.24 bits per heavy atom. The minimum atomic E-state index is -0.908. The smallest absolute Gasteiger partial charge is 0.247 e. The summed E-state index contributed by atoms with van der Waals surface area (Å²) in [6.45, 7) is 1.70. The van der Waals surface area contributed by atoms with Crippen molar-refractivity contribution in [3.63, 3.8) is 0 Å². The molecule has 0 saturated heterocycles. The molecule has 3 rings (SSSR count). The van der Waals surface area contributed by atoms with Crippen LogP contribution in [0.15, 0.2) is 35.1 Å². The summed E-state index contributed by atoms with van der Waals surface area (Å²) in [4.78, 5) is 12.3. The van der Waals surface area contributed by atoms with E-state index < -0.39 is 22.9 Å². The van der Waals surface area contributed by atoms with Gasteiger partial charge in [0.2, 0.25) is 0 Å². The molecule has 7 heteroatoms. The molecule has 0 radical (unpaired) electrons. The molecule has 0 unspecified atom stereocenters. The second-order valence-corrected chi connectivity index (χ2v) is 4.45. The van der Waals surface area contributed by atoms with Gasteiger partial charge in [-0.25, -0.2) is 18.0 Å². The highest BCUT2D eigenvalue weighted by atomic mass is 19.1. The molecule has 104 valence electrons. The van der Waals surface area contributed by atoms with E-state index in [1.807, 2.05) is 0 Å². The van der Waals surface area contributed by atoms with Gasteiger partial charge in [0.25, 0.3) is 0 Å². The van der Waals surface area contributed by atoms with Crippen molar-refractivity contribution in [3.05, 3.63) is 63.7 Å². The third-order valence-electron chi connectivity index (χ3n) is 3.12. The molecule has 0 aliphatic heterocycles. The number of halogens is 2. The lowest BCUT2D eigenvalue weighted by Gasteiger charge is -2.02. The highest BCUT2D eigenvalue weighted by Crippen LogP contribution is 2.17. The zero-order valence-corrected chi connectivity index (χ0v) is 10.8. The van der Waals surface area contributed by atoms with Gasteiger partial charge in [0.15, 0.2) is 11.5 Å². The number of aromatic nitrogens is 3. The lowest BCUT2D eigenvalue weighted by molar-refractivity contribution is 0.582. The maximum absolute atomic E-state index is 14.0. The highest BCUT2D eigenvalue weighted by molar-refractivity contribution is 5.44. The van der Waals surface area contributed by atoms with Gasteiger partial charge in [0, 0.05) is 11.8 Å². The Labute approximate surface area is 117 Å². The van der Waals surface area contributed by atoms with Gasteiger partial charge in [-0.1, -0.05) is 6.07 Å². The van der Waals surface area contributed by atoms with Gasteiger partial charge < -0.3 is 0 Å². The number of nitriles is 1. The third-order valence-corrected chi connectivity index (χ3v) is 3.12. The first kappa shape index (κ1) is 13.0. The topological polar surface area (TPSA) is 63.1 Å². The van der Waals surface area contributed by atoms with Gasteiger partial charge in [0.05, 0.1) is 5.56 Å². The van der Waals surface area contributed by atoms with Gasteiger partial charge in [-0.15, -0.1) is 5.10 Å². The SMILES string of the molecule is Cc1cccc2nn(-c3cc(F)c(C#N)cc3F)c(=O)n12. The van der Waals surface area contributed by atoms with Gasteiger partial charge in [-0.3, -0.25) is 0 Å². The van der Waals surface area contributed by atoms with E-state index in [9.17, 15) is 13.6 Å². The molecule has 2 heterocycles. The monoisotopic (exact) mass is 286 g/mol. The fourth-order valence-corrected chi connectivity index (χ4v) is 2.11. The molecular weight excluding hydrogens is 278 g/mol. The minimum absolute atomic E-state index is 0.323. The molecule has 0 bridgehead atoms. The minimum Gasteiger partial charge on any atom is -0.247 e. The van der Waals surface area contributed by atoms with Crippen LogP contribution in [0.2, 0.25) is 0 Å². The number of hydrogen-bond acceptors (Lipinski definition) is 3. The summed E-state index contributed by atoms with van der Waals surface area (Å²) in [6, 6.07) is 8.07. The van der Waals surface area contributed by atoms with Crippen molar-refractivity contribution in [1.29, 1.82) is 5.26 Å². The molecule has 0 N–H and O–H groups in total. The van der Waals surface area contributed by atoms with Crippen molar-refractivity contribution in [2.75, 3.05) is 0 Å². The number of nitrogens with zero attached hydrogens (tertiary/aromatic N) is 4. The van der Waals surface area contributed by atoms with Gasteiger partial charge in [0.1, 0.15) is 17.6 Å². The van der Waals surface area contributed by atoms with E-state index in [-0.39, 0.29) is 5.69 Å². The lowest BCUT2D eigenvalue weighted by Crippen LogP contribution is -2.21. The Kier molecular flexibility index (Phi) is 2.80. The number of fused-ring (bicyclic) bond motifs is 1. The molecule has 0 aliphatic carbocycles. The van der Waals surface area contributed by atoms with E-state index >= 15 is 0 Å². The first-order chi connectivity index (χ1) is 10.0. The number of benzene rings is 1. The summed E-state index contributed by atoms with van der Waals surface area (Å²) in [5.41, 5.74) is -0.419. The third kappa shape index (κ3) is 1.89. The summed E-state index contributed by atoms with van der Waals surface area (Å²) in [5.74, 6) is -1.80. The second kappa shape index (κ2) is 4.52. The van der Waals surface area contributed by atoms with E-state index in [1.165, 1.54) is 10.5 Å². The van der Waals surface area contributed by atoms with Gasteiger partial charge in [-0.05, 0) is 25.1 Å². The fraction of sp³-hybridized carbons (Fsp3) is 0.0714. The standard InChI is InChI=1S/C14H8F2N4O/c1-8-3-2-4-13-18-20(14(21)19(8)13)12-6-10(15)9(7-17)5-11(12)16/h2-6H,1H3. The van der Waals surface area contributed by atoms with Crippen LogP contribution in [0.5, 0.6) is 0 Å². The van der Waals surface area contributed by atoms with Crippen molar-refractivity contribution >= 4 is 5.65 Å². The predicted molar refractivity (Wildman–Crippen MR) is 70.2 cm³/mol. The molecular formula is C14H8F2N4O. The van der Waals surface area contributed by atoms with Crippen molar-refractivity contribution in [2.45, 2.75) is 6.92 Å². The summed E-state index contributed by atoms with van der Waals surface area (Å²) in [6.07, 6.45) is 0. The Morgan fingerprint density at radius 3 is 2.67 bits per heavy atom. The van der Waals surface area contributed by atoms with Gasteiger partial charge in [-0.2, -0.15) is 9.94 Å². The van der Waals surface area contributed by atoms with Crippen molar-refractivity contribution in [3.8, 4) is 11.8 Å². The van der Waals surface area contributed by atoms with Crippen LogP contribution in [0, 0.1) is 29.9 Å². The van der Waals surface area contributed by atoms with E-state index in [4.69, 9.17) is 5.26 Å². The Balaban J connectivity index is 2.35. The zero-order chi connectivity index (χ0) is 15.1. The van der Waals surface area contributed by atoms with Gasteiger partial charge >= 0.3 is 5.69 Å². The Morgan fingerprint density at radius 2 is 2.00 bits per heavy atom. The summed E-state index contributed by atoms with van der Waals surface area (Å²) < 4.78 is 29.7. The van der Waals surface area contributed by atoms with Crippen LogP contribution < -0.4 is 5.69 Å². The normalized spacial score (nSPS) is 10.8. The maximum atomic E-state index is 14.0. The predicted octanol–water partition coefficient (Wildman–Crippen LogP) is 1.94. The van der Waals surface area contributed by atoms with E-state index in [2.05, 4.69) is 5.10 Å². The molecule has 1 aromatic carbocycles. The number of pyridine rings is 1. The molecule has 0 saturated carbocycles. The van der Waals surface area contributed by atoms with Crippen LogP contribution in [0.25, 0.3) is 11.3 Å². The molecule has 2 aromatic heterocycles. The molecule has 5 nitrogen and oxygen atoms in total. The van der Waals surface area contributed by atoms with E-state index in [0.29, 0.717) is 11.3 Å². The lowest BCUT2D eigenvalue weighted by atomic mass is 10.2. The molecule has 0 amide bonds. The second-order valence-electron chi connectivity index (χ2n) is 4.45. The fourth-order valence-electron chi connectivity index (χ4n) is 2.11. The Hall–Kier alpha value is -3.01. The molecule has 0 atom stereocenters. The summed E-state index contributed by atoms with van der Waals surface area (Å²) in [5, 5.41) is 12.6. The maximum Gasteiger partial charge on any atom is 0.355 e. The van der Waals surface area contributed by atoms with Crippen LogP contribution in [0.4, 0.5) is 8.78 Å². The molecule has 0 fully saturated rings. The first-order valence-corrected chi connectivity index (χ1v) is 6.00. The summed E-state index contributed by atoms with van der Waals surface area (Å²) in [7, 11) is 0. The number of hydrogen-bond donors (Lipinski definition) is 0. The molecule has 3 aromatic rings. The van der Waals surface area contributed by atoms with Crippen LogP contribution in [0.1, 0.15) is 11.3 Å². The van der Waals surface area contributed by atoms with E-state index in [0.717, 1.165) is 16.8 Å². The quantitative estimate of drug-likeness (QED) is 0.686. The van der Waals surface area contributed by atoms with E-state index in [1.54, 1.807) is 25.1 Å². The average molecular weight is 286 g/mol. The molecule has 21 heavy (non-hydrogen) atoms.